The molecule has 0 spiro atoms. The van der Waals surface area contributed by atoms with Crippen LogP contribution in [0.3, 0.4) is 0 Å². The van der Waals surface area contributed by atoms with Gasteiger partial charge >= 0.3 is 6.18 Å². The average Bonchev–Trinajstić information content (AvgIpc) is 2.92. The summed E-state index contributed by atoms with van der Waals surface area (Å²) in [7, 11) is 3.45. The van der Waals surface area contributed by atoms with E-state index >= 15 is 0 Å². The number of hydrogen-bond donors (Lipinski definition) is 1. The molecule has 0 radical (unpaired) electrons. The molecule has 24 heavy (non-hydrogen) atoms. The second kappa shape index (κ2) is 7.80. The fraction of sp³-hybridized carbons (Fsp3) is 0.600. The summed E-state index contributed by atoms with van der Waals surface area (Å²) in [5.74, 6) is -0.283. The van der Waals surface area contributed by atoms with Crippen molar-refractivity contribution >= 4 is 5.91 Å². The summed E-state index contributed by atoms with van der Waals surface area (Å²) in [5, 5.41) is 2.70. The smallest absolute Gasteiger partial charge is 0.433 e. The normalized spacial score (nSPS) is 21.7. The molecule has 1 saturated heterocycles. The molecule has 0 aromatic carbocycles. The van der Waals surface area contributed by atoms with Gasteiger partial charge in [-0.1, -0.05) is 6.07 Å². The topological polar surface area (TPSA) is 63.7 Å². The van der Waals surface area contributed by atoms with Gasteiger partial charge in [-0.25, -0.2) is 4.98 Å². The number of likely N-dealkylation sites (N-methyl/N-ethyl adjacent to an activating group) is 1. The highest BCUT2D eigenvalue weighted by Crippen LogP contribution is 2.28. The molecule has 2 rings (SSSR count). The maximum atomic E-state index is 12.5. The van der Waals surface area contributed by atoms with E-state index in [1.165, 1.54) is 12.1 Å². The van der Waals surface area contributed by atoms with E-state index in [1.54, 1.807) is 7.11 Å². The highest BCUT2D eigenvalue weighted by Gasteiger charge is 2.34. The van der Waals surface area contributed by atoms with Crippen molar-refractivity contribution in [2.75, 3.05) is 33.9 Å². The van der Waals surface area contributed by atoms with Gasteiger partial charge in [0.2, 0.25) is 11.8 Å². The van der Waals surface area contributed by atoms with E-state index in [9.17, 15) is 18.0 Å². The van der Waals surface area contributed by atoms with Crippen molar-refractivity contribution in [3.8, 4) is 5.88 Å². The van der Waals surface area contributed by atoms with E-state index in [-0.39, 0.29) is 37.1 Å². The third-order valence-electron chi connectivity index (χ3n) is 3.81. The number of amides is 1. The van der Waals surface area contributed by atoms with Gasteiger partial charge in [-0.3, -0.25) is 9.69 Å². The molecule has 1 aromatic rings. The number of aromatic nitrogens is 1. The number of nitrogens with one attached hydrogen (secondary N) is 1. The third kappa shape index (κ3) is 4.81. The SMILES string of the molecule is CO[C@H]1C[C@@H](C(=O)NCCOc2cccc(C(F)(F)F)n2)N(C)C1. The molecule has 1 aliphatic rings. The number of rotatable bonds is 6. The van der Waals surface area contributed by atoms with Crippen molar-refractivity contribution in [2.24, 2.45) is 0 Å². The number of pyridine rings is 1. The molecule has 6 nitrogen and oxygen atoms in total. The fourth-order valence-corrected chi connectivity index (χ4v) is 2.53. The predicted molar refractivity (Wildman–Crippen MR) is 79.6 cm³/mol. The summed E-state index contributed by atoms with van der Waals surface area (Å²) in [5.41, 5.74) is -1.01. The Morgan fingerprint density at radius 1 is 1.46 bits per heavy atom. The molecular formula is C15H20F3N3O3. The molecule has 1 fully saturated rings. The lowest BCUT2D eigenvalue weighted by molar-refractivity contribution is -0.141. The Bertz CT molecular complexity index is 568. The van der Waals surface area contributed by atoms with E-state index in [1.807, 2.05) is 11.9 Å². The molecular weight excluding hydrogens is 327 g/mol. The first-order valence-corrected chi connectivity index (χ1v) is 7.49. The summed E-state index contributed by atoms with van der Waals surface area (Å²) in [6.45, 7) is 0.891. The summed E-state index contributed by atoms with van der Waals surface area (Å²) in [4.78, 5) is 17.4. The summed E-state index contributed by atoms with van der Waals surface area (Å²) in [6.07, 6.45) is -3.88. The Kier molecular flexibility index (Phi) is 6.00. The highest BCUT2D eigenvalue weighted by molar-refractivity contribution is 5.82. The van der Waals surface area contributed by atoms with Crippen LogP contribution in [0.4, 0.5) is 13.2 Å². The first kappa shape index (κ1) is 18.5. The first-order valence-electron chi connectivity index (χ1n) is 7.49. The van der Waals surface area contributed by atoms with Crippen molar-refractivity contribution in [1.29, 1.82) is 0 Å². The second-order valence-electron chi connectivity index (χ2n) is 5.55. The predicted octanol–water partition coefficient (Wildman–Crippen LogP) is 1.31. The largest absolute Gasteiger partial charge is 0.476 e. The van der Waals surface area contributed by atoms with Crippen LogP contribution >= 0.6 is 0 Å². The van der Waals surface area contributed by atoms with E-state index in [2.05, 4.69) is 10.3 Å². The minimum atomic E-state index is -4.52. The van der Waals surface area contributed by atoms with Crippen LogP contribution in [0, 0.1) is 0 Å². The number of ether oxygens (including phenoxy) is 2. The van der Waals surface area contributed by atoms with E-state index < -0.39 is 11.9 Å². The number of halogens is 3. The number of likely N-dealkylation sites (tertiary alicyclic amines) is 1. The Balaban J connectivity index is 1.76. The van der Waals surface area contributed by atoms with Gasteiger partial charge in [0, 0.05) is 19.7 Å². The zero-order valence-electron chi connectivity index (χ0n) is 13.5. The summed E-state index contributed by atoms with van der Waals surface area (Å²) < 4.78 is 48.0. The van der Waals surface area contributed by atoms with Crippen molar-refractivity contribution in [1.82, 2.24) is 15.2 Å². The number of alkyl halides is 3. The molecule has 0 aliphatic carbocycles. The van der Waals surface area contributed by atoms with Crippen LogP contribution in [0.2, 0.25) is 0 Å². The lowest BCUT2D eigenvalue weighted by atomic mass is 10.2. The van der Waals surface area contributed by atoms with Gasteiger partial charge in [0.1, 0.15) is 12.3 Å². The Labute approximate surface area is 137 Å². The average molecular weight is 347 g/mol. The van der Waals surface area contributed by atoms with Gasteiger partial charge in [-0.15, -0.1) is 0 Å². The molecule has 1 aromatic heterocycles. The van der Waals surface area contributed by atoms with E-state index in [0.717, 1.165) is 6.07 Å². The van der Waals surface area contributed by atoms with Crippen LogP contribution in [0.1, 0.15) is 12.1 Å². The van der Waals surface area contributed by atoms with Crippen LogP contribution in [0.5, 0.6) is 5.88 Å². The standard InChI is InChI=1S/C15H20F3N3O3/c1-21-9-10(23-2)8-11(21)14(22)19-6-7-24-13-5-3-4-12(20-13)15(16,17)18/h3-5,10-11H,6-9H2,1-2H3,(H,19,22)/t10-,11-/m0/s1. The summed E-state index contributed by atoms with van der Waals surface area (Å²) >= 11 is 0. The molecule has 0 saturated carbocycles. The van der Waals surface area contributed by atoms with Crippen molar-refractivity contribution in [3.05, 3.63) is 23.9 Å². The van der Waals surface area contributed by atoms with Crippen molar-refractivity contribution in [3.63, 3.8) is 0 Å². The molecule has 0 unspecified atom stereocenters. The number of carbonyl (C=O) groups excluding carboxylic acids is 1. The van der Waals surface area contributed by atoms with Crippen molar-refractivity contribution < 1.29 is 27.4 Å². The number of nitrogens with zero attached hydrogens (tertiary/aromatic N) is 2. The van der Waals surface area contributed by atoms with Gasteiger partial charge < -0.3 is 14.8 Å². The second-order valence-corrected chi connectivity index (χ2v) is 5.55. The van der Waals surface area contributed by atoms with Gasteiger partial charge in [0.25, 0.3) is 0 Å². The van der Waals surface area contributed by atoms with Gasteiger partial charge in [-0.2, -0.15) is 13.2 Å². The maximum Gasteiger partial charge on any atom is 0.433 e. The highest BCUT2D eigenvalue weighted by atomic mass is 19.4. The Morgan fingerprint density at radius 2 is 2.21 bits per heavy atom. The number of carbonyl (C=O) groups is 1. The van der Waals surface area contributed by atoms with Crippen LogP contribution < -0.4 is 10.1 Å². The minimum absolute atomic E-state index is 0.0244. The monoisotopic (exact) mass is 347 g/mol. The molecule has 134 valence electrons. The van der Waals surface area contributed by atoms with Crippen LogP contribution in [-0.2, 0) is 15.7 Å². The lowest BCUT2D eigenvalue weighted by Crippen LogP contribution is -2.42. The van der Waals surface area contributed by atoms with Crippen LogP contribution in [0.25, 0.3) is 0 Å². The fourth-order valence-electron chi connectivity index (χ4n) is 2.53. The lowest BCUT2D eigenvalue weighted by Gasteiger charge is -2.18. The third-order valence-corrected chi connectivity index (χ3v) is 3.81. The molecule has 1 N–H and O–H groups in total. The van der Waals surface area contributed by atoms with Gasteiger partial charge in [0.05, 0.1) is 18.7 Å². The van der Waals surface area contributed by atoms with E-state index in [4.69, 9.17) is 9.47 Å². The molecule has 1 amide bonds. The van der Waals surface area contributed by atoms with Crippen molar-refractivity contribution in [2.45, 2.75) is 24.7 Å². The molecule has 0 bridgehead atoms. The molecule has 1 aliphatic heterocycles. The maximum absolute atomic E-state index is 12.5. The zero-order chi connectivity index (χ0) is 17.7. The number of methoxy groups -OCH3 is 1. The van der Waals surface area contributed by atoms with Gasteiger partial charge in [-0.05, 0) is 19.5 Å². The zero-order valence-corrected chi connectivity index (χ0v) is 13.5. The van der Waals surface area contributed by atoms with Crippen LogP contribution in [-0.4, -0.2) is 61.8 Å². The van der Waals surface area contributed by atoms with Gasteiger partial charge in [0.15, 0.2) is 0 Å². The minimum Gasteiger partial charge on any atom is -0.476 e. The molecule has 2 atom stereocenters. The Hall–Kier alpha value is -1.87. The molecule has 9 heteroatoms. The Morgan fingerprint density at radius 3 is 2.83 bits per heavy atom. The molecule has 2 heterocycles. The van der Waals surface area contributed by atoms with Crippen LogP contribution in [0.15, 0.2) is 18.2 Å². The van der Waals surface area contributed by atoms with E-state index in [0.29, 0.717) is 13.0 Å². The first-order chi connectivity index (χ1) is 11.3. The number of hydrogen-bond acceptors (Lipinski definition) is 5. The quantitative estimate of drug-likeness (QED) is 0.787. The summed E-state index contributed by atoms with van der Waals surface area (Å²) in [6, 6.07) is 3.16.